The second kappa shape index (κ2) is 9.40. The van der Waals surface area contributed by atoms with Crippen molar-refractivity contribution in [2.24, 2.45) is 11.1 Å². The van der Waals surface area contributed by atoms with Gasteiger partial charge in [0.05, 0.1) is 12.2 Å². The lowest BCUT2D eigenvalue weighted by atomic mass is 9.77. The lowest BCUT2D eigenvalue weighted by Crippen LogP contribution is -2.50. The molecule has 0 bridgehead atoms. The second-order valence-electron chi connectivity index (χ2n) is 8.25. The van der Waals surface area contributed by atoms with Crippen LogP contribution in [0.5, 0.6) is 5.75 Å². The lowest BCUT2D eigenvalue weighted by Gasteiger charge is -2.42. The summed E-state index contributed by atoms with van der Waals surface area (Å²) < 4.78 is 44.4. The standard InChI is InChI=1S/C23H24ClF3N2O3/c1-15-11-18(7-8-19(15)24)32-14-22(12-20(28)30)9-2-10-29(13-22)21(31)16-3-5-17(6-4-16)23(25,26)27/h3-8,11H,2,9-10,12-14H2,1H3,(H2,28,30)/t22-/m0/s1. The number of amides is 2. The molecule has 2 aromatic carbocycles. The lowest BCUT2D eigenvalue weighted by molar-refractivity contribution is -0.137. The zero-order chi connectivity index (χ0) is 23.5. The molecule has 2 N–H and O–H groups in total. The number of halogens is 4. The number of piperidine rings is 1. The number of hydrogen-bond donors (Lipinski definition) is 1. The molecule has 1 saturated heterocycles. The van der Waals surface area contributed by atoms with E-state index in [0.717, 1.165) is 17.7 Å². The number of ether oxygens (including phenoxy) is 1. The maximum Gasteiger partial charge on any atom is 0.416 e. The molecule has 0 spiro atoms. The molecule has 0 unspecified atom stereocenters. The molecule has 9 heteroatoms. The Morgan fingerprint density at radius 3 is 2.47 bits per heavy atom. The van der Waals surface area contributed by atoms with Crippen LogP contribution in [0.25, 0.3) is 0 Å². The number of carbonyl (C=O) groups excluding carboxylic acids is 2. The molecule has 5 nitrogen and oxygen atoms in total. The van der Waals surface area contributed by atoms with E-state index in [9.17, 15) is 22.8 Å². The maximum absolute atomic E-state index is 13.0. The Kier molecular flexibility index (Phi) is 7.03. The average Bonchev–Trinajstić information content (AvgIpc) is 2.73. The molecule has 32 heavy (non-hydrogen) atoms. The van der Waals surface area contributed by atoms with Crippen LogP contribution in [0, 0.1) is 12.3 Å². The van der Waals surface area contributed by atoms with Crippen LogP contribution in [-0.2, 0) is 11.0 Å². The van der Waals surface area contributed by atoms with Crippen molar-refractivity contribution in [3.63, 3.8) is 0 Å². The van der Waals surface area contributed by atoms with Crippen molar-refractivity contribution in [2.45, 2.75) is 32.4 Å². The van der Waals surface area contributed by atoms with Crippen LogP contribution in [0.1, 0.15) is 40.7 Å². The fourth-order valence-corrected chi connectivity index (χ4v) is 4.11. The van der Waals surface area contributed by atoms with Gasteiger partial charge in [-0.3, -0.25) is 9.59 Å². The van der Waals surface area contributed by atoms with Gasteiger partial charge in [-0.1, -0.05) is 11.6 Å². The van der Waals surface area contributed by atoms with E-state index in [2.05, 4.69) is 0 Å². The molecule has 1 aliphatic heterocycles. The first kappa shape index (κ1) is 23.9. The monoisotopic (exact) mass is 468 g/mol. The van der Waals surface area contributed by atoms with Crippen LogP contribution in [0.15, 0.2) is 42.5 Å². The number of primary amides is 1. The highest BCUT2D eigenvalue weighted by molar-refractivity contribution is 6.31. The first-order valence-corrected chi connectivity index (χ1v) is 10.5. The van der Waals surface area contributed by atoms with E-state index >= 15 is 0 Å². The van der Waals surface area contributed by atoms with Gasteiger partial charge in [0.1, 0.15) is 5.75 Å². The van der Waals surface area contributed by atoms with Gasteiger partial charge >= 0.3 is 6.18 Å². The summed E-state index contributed by atoms with van der Waals surface area (Å²) in [5.41, 5.74) is 4.98. The van der Waals surface area contributed by atoms with Gasteiger partial charge < -0.3 is 15.4 Å². The van der Waals surface area contributed by atoms with Crippen molar-refractivity contribution in [3.05, 3.63) is 64.2 Å². The number of alkyl halides is 3. The summed E-state index contributed by atoms with van der Waals surface area (Å²) in [6, 6.07) is 9.34. The molecule has 1 heterocycles. The third-order valence-electron chi connectivity index (χ3n) is 5.63. The Labute approximate surface area is 189 Å². The van der Waals surface area contributed by atoms with E-state index in [4.69, 9.17) is 22.1 Å². The highest BCUT2D eigenvalue weighted by Gasteiger charge is 2.40. The van der Waals surface area contributed by atoms with E-state index in [1.54, 1.807) is 23.1 Å². The number of rotatable bonds is 6. The first-order valence-electron chi connectivity index (χ1n) is 10.1. The number of benzene rings is 2. The Balaban J connectivity index is 1.76. The summed E-state index contributed by atoms with van der Waals surface area (Å²) in [5.74, 6) is -0.318. The topological polar surface area (TPSA) is 72.6 Å². The SMILES string of the molecule is Cc1cc(OC[C@]2(CC(N)=O)CCCN(C(=O)c3ccc(C(F)(F)F)cc3)C2)ccc1Cl. The van der Waals surface area contributed by atoms with Crippen molar-refractivity contribution in [3.8, 4) is 5.75 Å². The summed E-state index contributed by atoms with van der Waals surface area (Å²) in [5, 5.41) is 0.607. The van der Waals surface area contributed by atoms with E-state index < -0.39 is 29.0 Å². The zero-order valence-corrected chi connectivity index (χ0v) is 18.3. The van der Waals surface area contributed by atoms with Crippen LogP contribution in [0.4, 0.5) is 13.2 Å². The maximum atomic E-state index is 13.0. The third kappa shape index (κ3) is 5.73. The Bertz CT molecular complexity index is 995. The fraction of sp³-hybridized carbons (Fsp3) is 0.391. The largest absolute Gasteiger partial charge is 0.493 e. The number of likely N-dealkylation sites (tertiary alicyclic amines) is 1. The Hall–Kier alpha value is -2.74. The van der Waals surface area contributed by atoms with Gasteiger partial charge in [0.2, 0.25) is 5.91 Å². The Morgan fingerprint density at radius 2 is 1.88 bits per heavy atom. The molecular weight excluding hydrogens is 445 g/mol. The summed E-state index contributed by atoms with van der Waals surface area (Å²) in [6.45, 7) is 2.65. The van der Waals surface area contributed by atoms with Crippen molar-refractivity contribution >= 4 is 23.4 Å². The van der Waals surface area contributed by atoms with Gasteiger partial charge in [0, 0.05) is 35.5 Å². The summed E-state index contributed by atoms with van der Waals surface area (Å²) in [6.07, 6.45) is -3.21. The highest BCUT2D eigenvalue weighted by atomic mass is 35.5. The molecule has 0 radical (unpaired) electrons. The molecule has 172 valence electrons. The molecular formula is C23H24ClF3N2O3. The van der Waals surface area contributed by atoms with Crippen LogP contribution in [0.3, 0.4) is 0 Å². The molecule has 2 amide bonds. The predicted molar refractivity (Wildman–Crippen MR) is 115 cm³/mol. The molecule has 1 atom stereocenters. The first-order chi connectivity index (χ1) is 15.0. The van der Waals surface area contributed by atoms with Gasteiger partial charge in [-0.05, 0) is 67.8 Å². The minimum Gasteiger partial charge on any atom is -0.493 e. The van der Waals surface area contributed by atoms with Crippen molar-refractivity contribution in [1.29, 1.82) is 0 Å². The minimum atomic E-state index is -4.47. The fourth-order valence-electron chi connectivity index (χ4n) is 3.99. The van der Waals surface area contributed by atoms with E-state index in [1.807, 2.05) is 6.92 Å². The van der Waals surface area contributed by atoms with Crippen LogP contribution >= 0.6 is 11.6 Å². The summed E-state index contributed by atoms with van der Waals surface area (Å²) >= 11 is 6.05. The molecule has 1 aliphatic rings. The van der Waals surface area contributed by atoms with Crippen LogP contribution in [-0.4, -0.2) is 36.4 Å². The number of nitrogens with zero attached hydrogens (tertiary/aromatic N) is 1. The average molecular weight is 469 g/mol. The predicted octanol–water partition coefficient (Wildman–Crippen LogP) is 4.84. The minimum absolute atomic E-state index is 0.0242. The van der Waals surface area contributed by atoms with Crippen LogP contribution in [0.2, 0.25) is 5.02 Å². The number of hydrogen-bond acceptors (Lipinski definition) is 3. The van der Waals surface area contributed by atoms with E-state index in [0.29, 0.717) is 30.2 Å². The van der Waals surface area contributed by atoms with Crippen LogP contribution < -0.4 is 10.5 Å². The molecule has 0 aromatic heterocycles. The number of carbonyl (C=O) groups is 2. The molecule has 0 saturated carbocycles. The third-order valence-corrected chi connectivity index (χ3v) is 6.06. The Morgan fingerprint density at radius 1 is 1.19 bits per heavy atom. The smallest absolute Gasteiger partial charge is 0.416 e. The van der Waals surface area contributed by atoms with Gasteiger partial charge in [-0.15, -0.1) is 0 Å². The molecule has 1 fully saturated rings. The quantitative estimate of drug-likeness (QED) is 0.659. The van der Waals surface area contributed by atoms with Crippen molar-refractivity contribution in [1.82, 2.24) is 4.90 Å². The second-order valence-corrected chi connectivity index (χ2v) is 8.66. The van der Waals surface area contributed by atoms with Gasteiger partial charge in [-0.25, -0.2) is 0 Å². The molecule has 2 aromatic rings. The van der Waals surface area contributed by atoms with Crippen molar-refractivity contribution < 1.29 is 27.5 Å². The number of nitrogens with two attached hydrogens (primary N) is 1. The molecule has 0 aliphatic carbocycles. The van der Waals surface area contributed by atoms with Gasteiger partial charge in [-0.2, -0.15) is 13.2 Å². The van der Waals surface area contributed by atoms with E-state index in [-0.39, 0.29) is 25.1 Å². The highest BCUT2D eigenvalue weighted by Crippen LogP contribution is 2.36. The summed E-state index contributed by atoms with van der Waals surface area (Å²) in [4.78, 5) is 26.3. The summed E-state index contributed by atoms with van der Waals surface area (Å²) in [7, 11) is 0. The number of aryl methyl sites for hydroxylation is 1. The van der Waals surface area contributed by atoms with E-state index in [1.165, 1.54) is 12.1 Å². The normalized spacial score (nSPS) is 19.0. The van der Waals surface area contributed by atoms with Crippen molar-refractivity contribution in [2.75, 3.05) is 19.7 Å². The van der Waals surface area contributed by atoms with Gasteiger partial charge in [0.25, 0.3) is 5.91 Å². The van der Waals surface area contributed by atoms with Gasteiger partial charge in [0.15, 0.2) is 0 Å². The zero-order valence-electron chi connectivity index (χ0n) is 17.5. The molecule has 3 rings (SSSR count).